The lowest BCUT2D eigenvalue weighted by Crippen LogP contribution is -2.24. The van der Waals surface area contributed by atoms with E-state index in [1.807, 2.05) is 12.1 Å². The van der Waals surface area contributed by atoms with Gasteiger partial charge in [-0.3, -0.25) is 0 Å². The third-order valence-corrected chi connectivity index (χ3v) is 4.31. The minimum Gasteiger partial charge on any atom is -0.378 e. The predicted octanol–water partition coefficient (Wildman–Crippen LogP) is 3.94. The molecule has 1 aliphatic heterocycles. The van der Waals surface area contributed by atoms with Gasteiger partial charge in [-0.2, -0.15) is 0 Å². The number of hydrogen-bond donors (Lipinski definition) is 1. The van der Waals surface area contributed by atoms with E-state index in [1.165, 1.54) is 19.3 Å². The maximum Gasteiger partial charge on any atom is 0.126 e. The molecule has 1 N–H and O–H groups in total. The van der Waals surface area contributed by atoms with Crippen molar-refractivity contribution in [1.29, 1.82) is 0 Å². The second-order valence-electron chi connectivity index (χ2n) is 6.04. The summed E-state index contributed by atoms with van der Waals surface area (Å²) in [7, 11) is 0. The highest BCUT2D eigenvalue weighted by atomic mass is 19.1. The summed E-state index contributed by atoms with van der Waals surface area (Å²) in [6.07, 6.45) is 7.19. The molecule has 0 bridgehead atoms. The predicted molar refractivity (Wildman–Crippen MR) is 85.0 cm³/mol. The fourth-order valence-electron chi connectivity index (χ4n) is 3.11. The largest absolute Gasteiger partial charge is 0.378 e. The molecule has 3 heteroatoms. The average molecular weight is 293 g/mol. The minimum atomic E-state index is -0.0712. The van der Waals surface area contributed by atoms with Gasteiger partial charge < -0.3 is 10.1 Å². The Morgan fingerprint density at radius 2 is 2.24 bits per heavy atom. The van der Waals surface area contributed by atoms with Crippen LogP contribution in [0.3, 0.4) is 0 Å². The molecule has 2 unspecified atom stereocenters. The Bertz CT molecular complexity index is 404. The van der Waals surface area contributed by atoms with Gasteiger partial charge in [-0.25, -0.2) is 4.39 Å². The Kier molecular flexibility index (Phi) is 7.17. The van der Waals surface area contributed by atoms with E-state index < -0.39 is 0 Å². The molecule has 0 aromatic heterocycles. The van der Waals surface area contributed by atoms with Crippen molar-refractivity contribution in [3.8, 4) is 0 Å². The molecule has 2 atom stereocenters. The highest BCUT2D eigenvalue weighted by Gasteiger charge is 2.17. The number of nitrogens with one attached hydrogen (secondary N) is 1. The van der Waals surface area contributed by atoms with Crippen molar-refractivity contribution in [3.05, 3.63) is 35.6 Å². The monoisotopic (exact) mass is 293 g/mol. The summed E-state index contributed by atoms with van der Waals surface area (Å²) in [6, 6.07) is 7.16. The summed E-state index contributed by atoms with van der Waals surface area (Å²) < 4.78 is 19.5. The molecule has 0 saturated carbocycles. The van der Waals surface area contributed by atoms with E-state index in [1.54, 1.807) is 12.1 Å². The molecule has 0 aliphatic carbocycles. The second-order valence-corrected chi connectivity index (χ2v) is 6.04. The average Bonchev–Trinajstić information content (AvgIpc) is 3.00. The zero-order valence-electron chi connectivity index (χ0n) is 13.1. The SMILES string of the molecule is CCNCC(CCCC1CCCO1)Cc1ccccc1F. The van der Waals surface area contributed by atoms with E-state index in [0.29, 0.717) is 12.0 Å². The molecule has 1 heterocycles. The van der Waals surface area contributed by atoms with Crippen molar-refractivity contribution in [2.24, 2.45) is 5.92 Å². The fraction of sp³-hybridized carbons (Fsp3) is 0.667. The number of ether oxygens (including phenoxy) is 1. The van der Waals surface area contributed by atoms with Crippen molar-refractivity contribution in [2.45, 2.75) is 51.6 Å². The maximum absolute atomic E-state index is 13.8. The van der Waals surface area contributed by atoms with Gasteiger partial charge in [0.15, 0.2) is 0 Å². The van der Waals surface area contributed by atoms with E-state index in [0.717, 1.165) is 44.5 Å². The molecular formula is C18H28FNO. The van der Waals surface area contributed by atoms with Crippen LogP contribution in [0.5, 0.6) is 0 Å². The summed E-state index contributed by atoms with van der Waals surface area (Å²) in [6.45, 7) is 4.99. The van der Waals surface area contributed by atoms with E-state index in [-0.39, 0.29) is 5.82 Å². The summed E-state index contributed by atoms with van der Waals surface area (Å²) in [5, 5.41) is 3.41. The lowest BCUT2D eigenvalue weighted by Gasteiger charge is -2.19. The van der Waals surface area contributed by atoms with Crippen LogP contribution in [0.4, 0.5) is 4.39 Å². The van der Waals surface area contributed by atoms with E-state index >= 15 is 0 Å². The van der Waals surface area contributed by atoms with Gasteiger partial charge in [0.05, 0.1) is 6.10 Å². The highest BCUT2D eigenvalue weighted by Crippen LogP contribution is 2.21. The summed E-state index contributed by atoms with van der Waals surface area (Å²) in [4.78, 5) is 0. The van der Waals surface area contributed by atoms with E-state index in [4.69, 9.17) is 4.74 Å². The number of halogens is 1. The van der Waals surface area contributed by atoms with Crippen molar-refractivity contribution in [3.63, 3.8) is 0 Å². The standard InChI is InChI=1S/C18H28FNO/c1-2-20-14-15(7-5-9-17-10-6-12-21-17)13-16-8-3-4-11-18(16)19/h3-4,8,11,15,17,20H,2,5-7,9-10,12-14H2,1H3. The van der Waals surface area contributed by atoms with Crippen molar-refractivity contribution >= 4 is 0 Å². The van der Waals surface area contributed by atoms with Gasteiger partial charge in [0.25, 0.3) is 0 Å². The van der Waals surface area contributed by atoms with Crippen LogP contribution in [-0.4, -0.2) is 25.8 Å². The van der Waals surface area contributed by atoms with E-state index in [2.05, 4.69) is 12.2 Å². The van der Waals surface area contributed by atoms with Gasteiger partial charge in [-0.15, -0.1) is 0 Å². The smallest absolute Gasteiger partial charge is 0.126 e. The molecule has 2 nitrogen and oxygen atoms in total. The van der Waals surface area contributed by atoms with Crippen LogP contribution in [0.1, 0.15) is 44.6 Å². The molecule has 1 saturated heterocycles. The zero-order chi connectivity index (χ0) is 14.9. The third kappa shape index (κ3) is 5.76. The number of rotatable bonds is 9. The molecular weight excluding hydrogens is 265 g/mol. The van der Waals surface area contributed by atoms with Crippen LogP contribution < -0.4 is 5.32 Å². The summed E-state index contributed by atoms with van der Waals surface area (Å²) in [5.41, 5.74) is 0.845. The first-order chi connectivity index (χ1) is 10.3. The molecule has 0 spiro atoms. The lowest BCUT2D eigenvalue weighted by molar-refractivity contribution is 0.101. The molecule has 2 rings (SSSR count). The Hall–Kier alpha value is -0.930. The molecule has 118 valence electrons. The van der Waals surface area contributed by atoms with Gasteiger partial charge >= 0.3 is 0 Å². The van der Waals surface area contributed by atoms with Crippen LogP contribution in [0.2, 0.25) is 0 Å². The summed E-state index contributed by atoms with van der Waals surface area (Å²) in [5.74, 6) is 0.432. The zero-order valence-corrected chi connectivity index (χ0v) is 13.1. The molecule has 21 heavy (non-hydrogen) atoms. The first-order valence-corrected chi connectivity index (χ1v) is 8.35. The maximum atomic E-state index is 13.8. The Balaban J connectivity index is 1.80. The molecule has 1 aromatic carbocycles. The topological polar surface area (TPSA) is 21.3 Å². The van der Waals surface area contributed by atoms with Crippen molar-refractivity contribution in [2.75, 3.05) is 19.7 Å². The van der Waals surface area contributed by atoms with Crippen LogP contribution in [0, 0.1) is 11.7 Å². The lowest BCUT2D eigenvalue weighted by atomic mass is 9.92. The number of benzene rings is 1. The van der Waals surface area contributed by atoms with Gasteiger partial charge in [0.1, 0.15) is 5.82 Å². The van der Waals surface area contributed by atoms with Crippen LogP contribution in [0.15, 0.2) is 24.3 Å². The Morgan fingerprint density at radius 3 is 2.95 bits per heavy atom. The summed E-state index contributed by atoms with van der Waals surface area (Å²) >= 11 is 0. The second kappa shape index (κ2) is 9.16. The van der Waals surface area contributed by atoms with Crippen LogP contribution >= 0.6 is 0 Å². The van der Waals surface area contributed by atoms with Crippen molar-refractivity contribution in [1.82, 2.24) is 5.32 Å². The van der Waals surface area contributed by atoms with Gasteiger partial charge in [0, 0.05) is 6.61 Å². The van der Waals surface area contributed by atoms with Gasteiger partial charge in [-0.1, -0.05) is 31.5 Å². The third-order valence-electron chi connectivity index (χ3n) is 4.31. The van der Waals surface area contributed by atoms with E-state index in [9.17, 15) is 4.39 Å². The first kappa shape index (κ1) is 16.4. The Morgan fingerprint density at radius 1 is 1.38 bits per heavy atom. The normalized spacial score (nSPS) is 19.8. The molecule has 0 radical (unpaired) electrons. The molecule has 1 aliphatic rings. The van der Waals surface area contributed by atoms with Gasteiger partial charge in [-0.05, 0) is 62.7 Å². The van der Waals surface area contributed by atoms with Gasteiger partial charge in [0.2, 0.25) is 0 Å². The van der Waals surface area contributed by atoms with Crippen molar-refractivity contribution < 1.29 is 9.13 Å². The Labute approximate surface area is 128 Å². The molecule has 1 fully saturated rings. The number of hydrogen-bond acceptors (Lipinski definition) is 2. The molecule has 0 amide bonds. The highest BCUT2D eigenvalue weighted by molar-refractivity contribution is 5.17. The molecule has 1 aromatic rings. The fourth-order valence-corrected chi connectivity index (χ4v) is 3.11. The van der Waals surface area contributed by atoms with Crippen LogP contribution in [-0.2, 0) is 11.2 Å². The quantitative estimate of drug-likeness (QED) is 0.744. The first-order valence-electron chi connectivity index (χ1n) is 8.35. The van der Waals surface area contributed by atoms with Crippen LogP contribution in [0.25, 0.3) is 0 Å². The minimum absolute atomic E-state index is 0.0712.